The van der Waals surface area contributed by atoms with Crippen LogP contribution in [0.3, 0.4) is 0 Å². The number of hydrogen-bond donors (Lipinski definition) is 1. The van der Waals surface area contributed by atoms with E-state index in [1.54, 1.807) is 6.07 Å². The number of aromatic nitrogens is 1. The highest BCUT2D eigenvalue weighted by molar-refractivity contribution is 6.05. The van der Waals surface area contributed by atoms with Gasteiger partial charge in [0.1, 0.15) is 17.6 Å². The molecule has 1 N–H and O–H groups in total. The first-order valence-electron chi connectivity index (χ1n) is 17.8. The second-order valence-electron chi connectivity index (χ2n) is 15.0. The zero-order chi connectivity index (χ0) is 35.6. The summed E-state index contributed by atoms with van der Waals surface area (Å²) in [6.07, 6.45) is 4.69. The fraction of sp³-hybridized carbons (Fsp3) is 0.390. The van der Waals surface area contributed by atoms with Gasteiger partial charge in [-0.2, -0.15) is 5.26 Å². The smallest absolute Gasteiger partial charge is 0.255 e. The van der Waals surface area contributed by atoms with Gasteiger partial charge in [-0.3, -0.25) is 19.7 Å². The molecule has 4 aliphatic rings. The molecule has 3 amide bonds. The highest BCUT2D eigenvalue weighted by Gasteiger charge is 2.45. The first-order valence-corrected chi connectivity index (χ1v) is 17.8. The fourth-order valence-corrected chi connectivity index (χ4v) is 8.40. The van der Waals surface area contributed by atoms with Crippen LogP contribution in [0, 0.1) is 49.8 Å². The van der Waals surface area contributed by atoms with Crippen LogP contribution in [0.2, 0.25) is 0 Å². The lowest BCUT2D eigenvalue weighted by molar-refractivity contribution is -0.136. The number of piperidine rings is 1. The van der Waals surface area contributed by atoms with Crippen LogP contribution in [0.5, 0.6) is 0 Å². The summed E-state index contributed by atoms with van der Waals surface area (Å²) < 4.78 is 20.9. The number of aryl methyl sites for hydroxylation is 3. The van der Waals surface area contributed by atoms with Gasteiger partial charge in [-0.15, -0.1) is 0 Å². The summed E-state index contributed by atoms with van der Waals surface area (Å²) in [6, 6.07) is 19.8. The molecule has 0 spiro atoms. The topological polar surface area (TPSA) is 120 Å². The summed E-state index contributed by atoms with van der Waals surface area (Å²) in [7, 11) is 0. The number of carbonyl (C=O) groups is 3. The van der Waals surface area contributed by atoms with Crippen LogP contribution >= 0.6 is 0 Å². The molecule has 1 atom stereocenters. The molecule has 0 radical (unpaired) electrons. The molecule has 1 saturated heterocycles. The van der Waals surface area contributed by atoms with Crippen molar-refractivity contribution in [3.8, 4) is 17.2 Å². The van der Waals surface area contributed by atoms with Crippen molar-refractivity contribution in [2.45, 2.75) is 83.7 Å². The van der Waals surface area contributed by atoms with Crippen molar-refractivity contribution < 1.29 is 23.3 Å². The van der Waals surface area contributed by atoms with Gasteiger partial charge in [-0.25, -0.2) is 4.39 Å². The van der Waals surface area contributed by atoms with E-state index in [2.05, 4.69) is 70.8 Å². The molecule has 3 aromatic carbocycles. The standard InChI is InChI=1S/C41H40FN5O4/c1-23-4-5-28(38-24(2)45-51-25(38)3)18-36(23)46(32-8-6-31(7-9-32)41(22-43)12-13-41)20-27-14-26(15-27)16-29-17-30-21-47(40(50)33(30)19-34(29)42)35-10-11-37(48)44-39(35)49/h4-9,17-19,26-27,35H,10-16,20-21H2,1-3H3,(H,44,48,49). The van der Waals surface area contributed by atoms with Gasteiger partial charge in [0, 0.05) is 42.0 Å². The van der Waals surface area contributed by atoms with Crippen molar-refractivity contribution in [1.29, 1.82) is 5.26 Å². The maximum absolute atomic E-state index is 15.5. The number of anilines is 2. The first-order chi connectivity index (χ1) is 24.5. The number of amides is 3. The van der Waals surface area contributed by atoms with Gasteiger partial charge >= 0.3 is 0 Å². The van der Waals surface area contributed by atoms with E-state index in [-0.39, 0.29) is 36.6 Å². The minimum Gasteiger partial charge on any atom is -0.361 e. The van der Waals surface area contributed by atoms with Crippen LogP contribution in [0.4, 0.5) is 15.8 Å². The molecule has 2 saturated carbocycles. The number of carbonyl (C=O) groups excluding carboxylic acids is 3. The zero-order valence-electron chi connectivity index (χ0n) is 29.1. The third kappa shape index (κ3) is 5.88. The third-order valence-corrected chi connectivity index (χ3v) is 11.5. The van der Waals surface area contributed by atoms with E-state index in [0.29, 0.717) is 29.4 Å². The quantitative estimate of drug-likeness (QED) is 0.186. The SMILES string of the molecule is Cc1ccc(-c2c(C)noc2C)cc1N(CC1CC(Cc2cc3c(cc2F)C(=O)N(C2CCC(=O)NC2=O)C3)C1)c1ccc(C2(C#N)CC2)cc1. The van der Waals surface area contributed by atoms with Gasteiger partial charge in [0.25, 0.3) is 5.91 Å². The van der Waals surface area contributed by atoms with E-state index in [0.717, 1.165) is 82.9 Å². The number of imide groups is 1. The Bertz CT molecular complexity index is 2100. The lowest BCUT2D eigenvalue weighted by Crippen LogP contribution is -2.52. The highest BCUT2D eigenvalue weighted by atomic mass is 19.1. The summed E-state index contributed by atoms with van der Waals surface area (Å²) in [6.45, 7) is 7.02. The normalized spacial score (nSPS) is 21.9. The van der Waals surface area contributed by atoms with Crippen LogP contribution in [-0.2, 0) is 28.0 Å². The monoisotopic (exact) mass is 685 g/mol. The molecule has 51 heavy (non-hydrogen) atoms. The van der Waals surface area contributed by atoms with Gasteiger partial charge in [0.15, 0.2) is 0 Å². The van der Waals surface area contributed by atoms with E-state index in [9.17, 15) is 19.6 Å². The lowest BCUT2D eigenvalue weighted by atomic mass is 9.71. The minimum atomic E-state index is -0.726. The number of nitrogens with one attached hydrogen (secondary N) is 1. The number of rotatable bonds is 9. The molecule has 3 heterocycles. The number of hydrogen-bond acceptors (Lipinski definition) is 7. The maximum atomic E-state index is 15.5. The van der Waals surface area contributed by atoms with Crippen molar-refractivity contribution in [3.05, 3.63) is 99.7 Å². The molecular formula is C41H40FN5O4. The van der Waals surface area contributed by atoms with Crippen molar-refractivity contribution >= 4 is 29.1 Å². The Morgan fingerprint density at radius 3 is 2.47 bits per heavy atom. The van der Waals surface area contributed by atoms with Gasteiger partial charge in [0.2, 0.25) is 11.8 Å². The molecule has 2 aliphatic carbocycles. The Labute approximate surface area is 296 Å². The van der Waals surface area contributed by atoms with Crippen molar-refractivity contribution in [2.75, 3.05) is 11.4 Å². The average Bonchev–Trinajstić information content (AvgIpc) is 3.75. The van der Waals surface area contributed by atoms with Crippen molar-refractivity contribution in [3.63, 3.8) is 0 Å². The fourth-order valence-electron chi connectivity index (χ4n) is 8.40. The largest absolute Gasteiger partial charge is 0.361 e. The Kier molecular flexibility index (Phi) is 8.05. The summed E-state index contributed by atoms with van der Waals surface area (Å²) in [5.41, 5.74) is 8.52. The summed E-state index contributed by atoms with van der Waals surface area (Å²) in [5.74, 6) is -0.110. The van der Waals surface area contributed by atoms with Gasteiger partial charge in [-0.1, -0.05) is 35.5 Å². The van der Waals surface area contributed by atoms with Crippen molar-refractivity contribution in [1.82, 2.24) is 15.4 Å². The molecule has 3 fully saturated rings. The molecule has 0 bridgehead atoms. The van der Waals surface area contributed by atoms with Gasteiger partial charge in [0.05, 0.1) is 17.2 Å². The molecule has 8 rings (SSSR count). The van der Waals surface area contributed by atoms with Crippen LogP contribution < -0.4 is 10.2 Å². The molecule has 1 aromatic heterocycles. The number of nitriles is 1. The van der Waals surface area contributed by atoms with E-state index in [1.165, 1.54) is 11.0 Å². The second-order valence-corrected chi connectivity index (χ2v) is 15.0. The Morgan fingerprint density at radius 2 is 1.80 bits per heavy atom. The third-order valence-electron chi connectivity index (χ3n) is 11.5. The molecular weight excluding hydrogens is 645 g/mol. The van der Waals surface area contributed by atoms with Gasteiger partial charge in [-0.05, 0) is 123 Å². The van der Waals surface area contributed by atoms with Crippen LogP contribution in [0.1, 0.15) is 82.6 Å². The number of fused-ring (bicyclic) bond motifs is 1. The Balaban J connectivity index is 1.00. The van der Waals surface area contributed by atoms with E-state index in [1.807, 2.05) is 13.8 Å². The van der Waals surface area contributed by atoms with Crippen molar-refractivity contribution in [2.24, 2.45) is 11.8 Å². The highest BCUT2D eigenvalue weighted by Crippen LogP contribution is 2.48. The van der Waals surface area contributed by atoms with Crippen LogP contribution in [-0.4, -0.2) is 40.4 Å². The second kappa shape index (κ2) is 12.5. The Hall–Kier alpha value is -5.30. The Morgan fingerprint density at radius 1 is 1.04 bits per heavy atom. The summed E-state index contributed by atoms with van der Waals surface area (Å²) >= 11 is 0. The molecule has 260 valence electrons. The van der Waals surface area contributed by atoms with E-state index < -0.39 is 17.8 Å². The number of benzene rings is 3. The number of halogens is 1. The molecule has 2 aliphatic heterocycles. The van der Waals surface area contributed by atoms with Crippen LogP contribution in [0.25, 0.3) is 11.1 Å². The molecule has 1 unspecified atom stereocenters. The predicted octanol–water partition coefficient (Wildman–Crippen LogP) is 7.13. The maximum Gasteiger partial charge on any atom is 0.255 e. The molecule has 4 aromatic rings. The van der Waals surface area contributed by atoms with E-state index >= 15 is 4.39 Å². The molecule has 9 nitrogen and oxygen atoms in total. The minimum absolute atomic E-state index is 0.176. The van der Waals surface area contributed by atoms with E-state index in [4.69, 9.17) is 4.52 Å². The summed E-state index contributed by atoms with van der Waals surface area (Å²) in [4.78, 5) is 41.1. The molecule has 10 heteroatoms. The van der Waals surface area contributed by atoms with Crippen LogP contribution in [0.15, 0.2) is 59.1 Å². The average molecular weight is 686 g/mol. The summed E-state index contributed by atoms with van der Waals surface area (Å²) in [5, 5.41) is 16.3. The van der Waals surface area contributed by atoms with Gasteiger partial charge < -0.3 is 14.3 Å². The predicted molar refractivity (Wildman–Crippen MR) is 188 cm³/mol. The zero-order valence-corrected chi connectivity index (χ0v) is 29.1. The lowest BCUT2D eigenvalue weighted by Gasteiger charge is -2.40. The number of nitrogens with zero attached hydrogens (tertiary/aromatic N) is 4. The first kappa shape index (κ1) is 32.9.